The van der Waals surface area contributed by atoms with Gasteiger partial charge in [-0.25, -0.2) is 0 Å². The number of nitrogens with one attached hydrogen (secondary N) is 3. The van der Waals surface area contributed by atoms with Crippen molar-refractivity contribution in [3.8, 4) is 6.07 Å². The van der Waals surface area contributed by atoms with E-state index < -0.39 is 0 Å². The van der Waals surface area contributed by atoms with Crippen LogP contribution in [0.3, 0.4) is 0 Å². The third-order valence-electron chi connectivity index (χ3n) is 3.43. The van der Waals surface area contributed by atoms with Crippen LogP contribution < -0.4 is 16.1 Å². The summed E-state index contributed by atoms with van der Waals surface area (Å²) in [5, 5.41) is 18.8. The molecule has 24 heavy (non-hydrogen) atoms. The Hall–Kier alpha value is -3.24. The molecule has 7 heteroatoms. The van der Waals surface area contributed by atoms with Crippen molar-refractivity contribution in [3.63, 3.8) is 0 Å². The summed E-state index contributed by atoms with van der Waals surface area (Å²) < 4.78 is 0. The van der Waals surface area contributed by atoms with Crippen LogP contribution in [0.4, 0.5) is 11.4 Å². The van der Waals surface area contributed by atoms with Crippen molar-refractivity contribution >= 4 is 40.3 Å². The van der Waals surface area contributed by atoms with Crippen molar-refractivity contribution in [3.05, 3.63) is 59.2 Å². The van der Waals surface area contributed by atoms with Gasteiger partial charge in [-0.3, -0.25) is 10.2 Å². The number of nitriles is 1. The zero-order valence-electron chi connectivity index (χ0n) is 12.8. The standard InChI is InChI=1S/C17H13N5OS/c1-10-2-7-14-13(8-10)15(16(23)20-14)21-22-17(24)19-12-5-3-11(9-18)4-6-12/h2-8H,1H3,(H2,19,22,24)(H,20,21,23). The van der Waals surface area contributed by atoms with Gasteiger partial charge < -0.3 is 10.6 Å². The van der Waals surface area contributed by atoms with E-state index in [1.807, 2.05) is 31.2 Å². The molecule has 0 bridgehead atoms. The van der Waals surface area contributed by atoms with Gasteiger partial charge in [-0.1, -0.05) is 11.6 Å². The second-order valence-electron chi connectivity index (χ2n) is 5.22. The highest BCUT2D eigenvalue weighted by atomic mass is 32.1. The summed E-state index contributed by atoms with van der Waals surface area (Å²) in [5.41, 5.74) is 6.77. The summed E-state index contributed by atoms with van der Waals surface area (Å²) in [6.07, 6.45) is 0. The highest BCUT2D eigenvalue weighted by Crippen LogP contribution is 2.24. The van der Waals surface area contributed by atoms with E-state index >= 15 is 0 Å². The van der Waals surface area contributed by atoms with E-state index in [2.05, 4.69) is 21.2 Å². The van der Waals surface area contributed by atoms with Gasteiger partial charge in [0.2, 0.25) is 0 Å². The number of hydrazone groups is 1. The van der Waals surface area contributed by atoms with Crippen LogP contribution in [-0.2, 0) is 4.79 Å². The van der Waals surface area contributed by atoms with E-state index in [0.29, 0.717) is 5.56 Å². The normalized spacial score (nSPS) is 13.8. The maximum atomic E-state index is 12.0. The average Bonchev–Trinajstić information content (AvgIpc) is 2.88. The van der Waals surface area contributed by atoms with Crippen LogP contribution in [0, 0.1) is 18.3 Å². The fourth-order valence-corrected chi connectivity index (χ4v) is 2.44. The number of fused-ring (bicyclic) bond motifs is 1. The number of thiocarbonyl (C=S) groups is 1. The van der Waals surface area contributed by atoms with Gasteiger partial charge in [0, 0.05) is 11.3 Å². The predicted molar refractivity (Wildman–Crippen MR) is 96.9 cm³/mol. The van der Waals surface area contributed by atoms with E-state index in [1.54, 1.807) is 24.3 Å². The second kappa shape index (κ2) is 6.48. The quantitative estimate of drug-likeness (QED) is 0.580. The summed E-state index contributed by atoms with van der Waals surface area (Å²) in [5.74, 6) is -0.274. The Morgan fingerprint density at radius 1 is 1.25 bits per heavy atom. The SMILES string of the molecule is Cc1ccc2c(c1)/C(=N/NC(=S)Nc1ccc(C#N)cc1)C(=O)N2. The maximum absolute atomic E-state index is 12.0. The molecule has 3 rings (SSSR count). The molecule has 0 radical (unpaired) electrons. The lowest BCUT2D eigenvalue weighted by Gasteiger charge is -2.07. The van der Waals surface area contributed by atoms with E-state index in [4.69, 9.17) is 17.5 Å². The molecule has 0 unspecified atom stereocenters. The summed E-state index contributed by atoms with van der Waals surface area (Å²) >= 11 is 5.17. The highest BCUT2D eigenvalue weighted by Gasteiger charge is 2.26. The Bertz CT molecular complexity index is 896. The fourth-order valence-electron chi connectivity index (χ4n) is 2.27. The molecular weight excluding hydrogens is 322 g/mol. The number of aryl methyl sites for hydroxylation is 1. The maximum Gasteiger partial charge on any atom is 0.276 e. The van der Waals surface area contributed by atoms with Crippen LogP contribution in [-0.4, -0.2) is 16.7 Å². The fraction of sp³-hybridized carbons (Fsp3) is 0.0588. The lowest BCUT2D eigenvalue weighted by Crippen LogP contribution is -2.27. The number of anilines is 2. The molecule has 2 aromatic rings. The van der Waals surface area contributed by atoms with Crippen LogP contribution in [0.5, 0.6) is 0 Å². The molecule has 2 aromatic carbocycles. The first kappa shape index (κ1) is 15.6. The minimum Gasteiger partial charge on any atom is -0.331 e. The molecule has 0 atom stereocenters. The molecule has 0 saturated carbocycles. The van der Waals surface area contributed by atoms with Gasteiger partial charge >= 0.3 is 0 Å². The number of amides is 1. The minimum atomic E-state index is -0.274. The lowest BCUT2D eigenvalue weighted by molar-refractivity contribution is -0.110. The van der Waals surface area contributed by atoms with Crippen molar-refractivity contribution in [2.24, 2.45) is 5.10 Å². The Balaban J connectivity index is 1.71. The topological polar surface area (TPSA) is 89.3 Å². The van der Waals surface area contributed by atoms with Crippen molar-refractivity contribution in [2.75, 3.05) is 10.6 Å². The molecule has 1 heterocycles. The number of carbonyl (C=O) groups is 1. The zero-order valence-corrected chi connectivity index (χ0v) is 13.6. The Morgan fingerprint density at radius 3 is 2.71 bits per heavy atom. The number of rotatable bonds is 2. The van der Waals surface area contributed by atoms with Crippen LogP contribution in [0.1, 0.15) is 16.7 Å². The smallest absolute Gasteiger partial charge is 0.276 e. The molecule has 6 nitrogen and oxygen atoms in total. The number of hydrogen-bond donors (Lipinski definition) is 3. The molecule has 0 saturated heterocycles. The summed E-state index contributed by atoms with van der Waals surface area (Å²) in [6.45, 7) is 1.95. The van der Waals surface area contributed by atoms with Gasteiger partial charge in [0.1, 0.15) is 0 Å². The molecular formula is C17H13N5OS. The molecule has 1 aliphatic rings. The first-order chi connectivity index (χ1) is 11.6. The van der Waals surface area contributed by atoms with Gasteiger partial charge in [-0.2, -0.15) is 10.4 Å². The third-order valence-corrected chi connectivity index (χ3v) is 3.63. The molecule has 0 aromatic heterocycles. The van der Waals surface area contributed by atoms with Crippen LogP contribution >= 0.6 is 12.2 Å². The van der Waals surface area contributed by atoms with Crippen LogP contribution in [0.2, 0.25) is 0 Å². The number of benzene rings is 2. The molecule has 0 spiro atoms. The van der Waals surface area contributed by atoms with Crippen molar-refractivity contribution < 1.29 is 4.79 Å². The lowest BCUT2D eigenvalue weighted by atomic mass is 10.1. The van der Waals surface area contributed by atoms with Gasteiger partial charge in [0.15, 0.2) is 10.8 Å². The van der Waals surface area contributed by atoms with Crippen molar-refractivity contribution in [1.82, 2.24) is 5.43 Å². The van der Waals surface area contributed by atoms with Crippen molar-refractivity contribution in [2.45, 2.75) is 6.92 Å². The number of hydrogen-bond acceptors (Lipinski definition) is 4. The molecule has 1 amide bonds. The van der Waals surface area contributed by atoms with E-state index in [-0.39, 0.29) is 16.7 Å². The predicted octanol–water partition coefficient (Wildman–Crippen LogP) is 2.51. The number of carbonyl (C=O) groups excluding carboxylic acids is 1. The van der Waals surface area contributed by atoms with E-state index in [1.165, 1.54) is 0 Å². The molecule has 1 aliphatic heterocycles. The second-order valence-corrected chi connectivity index (χ2v) is 5.63. The van der Waals surface area contributed by atoms with Gasteiger partial charge in [-0.05, 0) is 55.5 Å². The highest BCUT2D eigenvalue weighted by molar-refractivity contribution is 7.80. The largest absolute Gasteiger partial charge is 0.331 e. The Kier molecular flexibility index (Phi) is 4.22. The van der Waals surface area contributed by atoms with Crippen LogP contribution in [0.25, 0.3) is 0 Å². The Morgan fingerprint density at radius 2 is 2.00 bits per heavy atom. The molecule has 0 fully saturated rings. The molecule has 118 valence electrons. The zero-order chi connectivity index (χ0) is 17.1. The van der Waals surface area contributed by atoms with Gasteiger partial charge in [0.05, 0.1) is 17.3 Å². The van der Waals surface area contributed by atoms with E-state index in [0.717, 1.165) is 22.5 Å². The summed E-state index contributed by atoms with van der Waals surface area (Å²) in [4.78, 5) is 12.0. The van der Waals surface area contributed by atoms with Gasteiger partial charge in [-0.15, -0.1) is 0 Å². The Labute approximate surface area is 144 Å². The first-order valence-electron chi connectivity index (χ1n) is 7.14. The minimum absolute atomic E-state index is 0.251. The summed E-state index contributed by atoms with van der Waals surface area (Å²) in [7, 11) is 0. The molecule has 0 aliphatic carbocycles. The average molecular weight is 335 g/mol. The molecule has 3 N–H and O–H groups in total. The monoisotopic (exact) mass is 335 g/mol. The third kappa shape index (κ3) is 3.24. The van der Waals surface area contributed by atoms with Gasteiger partial charge in [0.25, 0.3) is 5.91 Å². The summed E-state index contributed by atoms with van der Waals surface area (Å²) in [6, 6.07) is 14.5. The van der Waals surface area contributed by atoms with Crippen molar-refractivity contribution in [1.29, 1.82) is 5.26 Å². The van der Waals surface area contributed by atoms with Crippen LogP contribution in [0.15, 0.2) is 47.6 Å². The number of nitrogens with zero attached hydrogens (tertiary/aromatic N) is 2. The van der Waals surface area contributed by atoms with E-state index in [9.17, 15) is 4.79 Å². The first-order valence-corrected chi connectivity index (χ1v) is 7.55.